The molecule has 2 aromatic heterocycles. The molecule has 2 aromatic rings. The Bertz CT molecular complexity index is 693. The molecule has 118 valence electrons. The number of hydrogen-bond acceptors (Lipinski definition) is 5. The largest absolute Gasteiger partial charge is 0.390 e. The van der Waals surface area contributed by atoms with Gasteiger partial charge in [-0.2, -0.15) is 10.1 Å². The number of aromatic nitrogens is 4. The first-order valence-electron chi connectivity index (χ1n) is 7.03. The van der Waals surface area contributed by atoms with Gasteiger partial charge in [-0.05, 0) is 19.9 Å². The highest BCUT2D eigenvalue weighted by Crippen LogP contribution is 2.38. The van der Waals surface area contributed by atoms with E-state index in [4.69, 9.17) is 0 Å². The van der Waals surface area contributed by atoms with Gasteiger partial charge in [0, 0.05) is 30.6 Å². The molecule has 0 saturated heterocycles. The van der Waals surface area contributed by atoms with Crippen LogP contribution in [0.25, 0.3) is 5.95 Å². The lowest BCUT2D eigenvalue weighted by Gasteiger charge is -2.35. The Morgan fingerprint density at radius 3 is 2.59 bits per heavy atom. The van der Waals surface area contributed by atoms with Crippen LogP contribution < -0.4 is 5.32 Å². The predicted molar refractivity (Wildman–Crippen MR) is 76.1 cm³/mol. The molecule has 1 aliphatic rings. The summed E-state index contributed by atoms with van der Waals surface area (Å²) in [6.45, 7) is 3.47. The number of alkyl halides is 2. The molecule has 0 amide bonds. The summed E-state index contributed by atoms with van der Waals surface area (Å²) >= 11 is 0. The Morgan fingerprint density at radius 2 is 2.05 bits per heavy atom. The molecule has 0 spiro atoms. The van der Waals surface area contributed by atoms with Gasteiger partial charge in [-0.3, -0.25) is 0 Å². The van der Waals surface area contributed by atoms with Crippen LogP contribution >= 0.6 is 0 Å². The van der Waals surface area contributed by atoms with Crippen molar-refractivity contribution in [2.75, 3.05) is 5.32 Å². The number of aliphatic hydroxyl groups is 1. The highest BCUT2D eigenvalue weighted by Gasteiger charge is 2.45. The molecule has 8 heteroatoms. The van der Waals surface area contributed by atoms with E-state index < -0.39 is 5.92 Å². The highest BCUT2D eigenvalue weighted by atomic mass is 19.3. The smallest absolute Gasteiger partial charge is 0.253 e. The Morgan fingerprint density at radius 1 is 1.32 bits per heavy atom. The lowest BCUT2D eigenvalue weighted by molar-refractivity contribution is -0.0794. The number of nitrogens with zero attached hydrogens (tertiary/aromatic N) is 4. The standard InChI is InChI=1S/C14H17F2N5O/c1-8-3-9(2)21(20-8)13-18-10(7-22)4-12(19-13)17-11-5-14(15,16)6-11/h3-4,11,22H,5-7H2,1-2H3,(H,17,18,19). The normalized spacial score (nSPS) is 17.3. The summed E-state index contributed by atoms with van der Waals surface area (Å²) in [5.74, 6) is -1.86. The lowest BCUT2D eigenvalue weighted by Crippen LogP contribution is -2.44. The maximum atomic E-state index is 12.9. The minimum absolute atomic E-state index is 0.208. The van der Waals surface area contributed by atoms with Gasteiger partial charge in [0.25, 0.3) is 11.9 Å². The third-order valence-corrected chi connectivity index (χ3v) is 3.57. The minimum atomic E-state index is -2.59. The van der Waals surface area contributed by atoms with Gasteiger partial charge in [0.05, 0.1) is 18.0 Å². The van der Waals surface area contributed by atoms with Gasteiger partial charge in [0.2, 0.25) is 0 Å². The van der Waals surface area contributed by atoms with Crippen molar-refractivity contribution in [1.29, 1.82) is 0 Å². The van der Waals surface area contributed by atoms with Crippen LogP contribution in [0, 0.1) is 13.8 Å². The average Bonchev–Trinajstić information content (AvgIpc) is 2.75. The van der Waals surface area contributed by atoms with E-state index in [0.717, 1.165) is 11.4 Å². The second kappa shape index (κ2) is 5.28. The number of hydrogen-bond donors (Lipinski definition) is 2. The van der Waals surface area contributed by atoms with E-state index in [1.165, 1.54) is 0 Å². The SMILES string of the molecule is Cc1cc(C)n(-c2nc(CO)cc(NC3CC(F)(F)C3)n2)n1. The predicted octanol–water partition coefficient (Wildman–Crippen LogP) is 1.98. The number of rotatable bonds is 4. The Labute approximate surface area is 126 Å². The highest BCUT2D eigenvalue weighted by molar-refractivity contribution is 5.41. The third-order valence-electron chi connectivity index (χ3n) is 3.57. The fourth-order valence-corrected chi connectivity index (χ4v) is 2.54. The zero-order chi connectivity index (χ0) is 15.9. The van der Waals surface area contributed by atoms with Crippen LogP contribution in [0.1, 0.15) is 29.9 Å². The Hall–Kier alpha value is -2.09. The monoisotopic (exact) mass is 309 g/mol. The summed E-state index contributed by atoms with van der Waals surface area (Å²) < 4.78 is 27.4. The summed E-state index contributed by atoms with van der Waals surface area (Å²) in [7, 11) is 0. The van der Waals surface area contributed by atoms with Crippen molar-refractivity contribution < 1.29 is 13.9 Å². The minimum Gasteiger partial charge on any atom is -0.390 e. The van der Waals surface area contributed by atoms with E-state index in [1.807, 2.05) is 19.9 Å². The zero-order valence-electron chi connectivity index (χ0n) is 12.3. The van der Waals surface area contributed by atoms with Crippen molar-refractivity contribution in [3.05, 3.63) is 29.2 Å². The first-order chi connectivity index (χ1) is 10.4. The summed E-state index contributed by atoms with van der Waals surface area (Å²) in [6, 6.07) is 3.13. The van der Waals surface area contributed by atoms with E-state index in [1.54, 1.807) is 10.7 Å². The van der Waals surface area contributed by atoms with Gasteiger partial charge in [-0.25, -0.2) is 18.4 Å². The van der Waals surface area contributed by atoms with Crippen molar-refractivity contribution in [1.82, 2.24) is 19.7 Å². The van der Waals surface area contributed by atoms with Crippen LogP contribution in [0.15, 0.2) is 12.1 Å². The molecular weight excluding hydrogens is 292 g/mol. The van der Waals surface area contributed by atoms with Crippen LogP contribution in [0.2, 0.25) is 0 Å². The molecule has 2 N–H and O–H groups in total. The quantitative estimate of drug-likeness (QED) is 0.903. The fraction of sp³-hybridized carbons (Fsp3) is 0.500. The van der Waals surface area contributed by atoms with Crippen LogP contribution in [-0.4, -0.2) is 36.8 Å². The fourth-order valence-electron chi connectivity index (χ4n) is 2.54. The number of aryl methyl sites for hydroxylation is 2. The van der Waals surface area contributed by atoms with E-state index in [2.05, 4.69) is 20.4 Å². The lowest BCUT2D eigenvalue weighted by atomic mass is 9.88. The second-order valence-corrected chi connectivity index (χ2v) is 5.65. The molecule has 6 nitrogen and oxygen atoms in total. The van der Waals surface area contributed by atoms with E-state index in [9.17, 15) is 13.9 Å². The molecule has 0 radical (unpaired) electrons. The number of halogens is 2. The van der Waals surface area contributed by atoms with Crippen molar-refractivity contribution in [3.63, 3.8) is 0 Å². The molecule has 0 aliphatic heterocycles. The molecule has 2 heterocycles. The molecule has 0 atom stereocenters. The molecule has 3 rings (SSSR count). The van der Waals surface area contributed by atoms with Gasteiger partial charge in [0.1, 0.15) is 5.82 Å². The van der Waals surface area contributed by atoms with Crippen molar-refractivity contribution in [3.8, 4) is 5.95 Å². The first-order valence-corrected chi connectivity index (χ1v) is 7.03. The number of aliphatic hydroxyl groups excluding tert-OH is 1. The molecule has 1 saturated carbocycles. The van der Waals surface area contributed by atoms with Gasteiger partial charge in [0.15, 0.2) is 0 Å². The first kappa shape index (κ1) is 14.8. The van der Waals surface area contributed by atoms with Crippen LogP contribution in [-0.2, 0) is 6.61 Å². The number of anilines is 1. The molecule has 0 aromatic carbocycles. The Balaban J connectivity index is 1.88. The van der Waals surface area contributed by atoms with Gasteiger partial charge >= 0.3 is 0 Å². The molecule has 22 heavy (non-hydrogen) atoms. The summed E-state index contributed by atoms with van der Waals surface area (Å²) in [5, 5.41) is 16.6. The summed E-state index contributed by atoms with van der Waals surface area (Å²) in [5.41, 5.74) is 2.09. The zero-order valence-corrected chi connectivity index (χ0v) is 12.3. The molecule has 0 unspecified atom stereocenters. The van der Waals surface area contributed by atoms with Crippen molar-refractivity contribution in [2.45, 2.75) is 45.3 Å². The summed E-state index contributed by atoms with van der Waals surface area (Å²) in [4.78, 5) is 8.54. The van der Waals surface area contributed by atoms with Crippen LogP contribution in [0.3, 0.4) is 0 Å². The van der Waals surface area contributed by atoms with Crippen LogP contribution in [0.5, 0.6) is 0 Å². The number of nitrogens with one attached hydrogen (secondary N) is 1. The maximum absolute atomic E-state index is 12.9. The molecular formula is C14H17F2N5O. The second-order valence-electron chi connectivity index (χ2n) is 5.65. The molecule has 1 aliphatic carbocycles. The summed E-state index contributed by atoms with van der Waals surface area (Å²) in [6.07, 6.45) is -0.415. The van der Waals surface area contributed by atoms with E-state index >= 15 is 0 Å². The maximum Gasteiger partial charge on any atom is 0.253 e. The Kier molecular flexibility index (Phi) is 3.56. The topological polar surface area (TPSA) is 75.9 Å². The van der Waals surface area contributed by atoms with Gasteiger partial charge in [-0.1, -0.05) is 0 Å². The third kappa shape index (κ3) is 2.92. The van der Waals surface area contributed by atoms with Gasteiger partial charge in [-0.15, -0.1) is 0 Å². The molecule has 0 bridgehead atoms. The molecule has 1 fully saturated rings. The van der Waals surface area contributed by atoms with Crippen molar-refractivity contribution in [2.24, 2.45) is 0 Å². The van der Waals surface area contributed by atoms with E-state index in [0.29, 0.717) is 17.5 Å². The van der Waals surface area contributed by atoms with Crippen molar-refractivity contribution >= 4 is 5.82 Å². The van der Waals surface area contributed by atoms with Crippen LogP contribution in [0.4, 0.5) is 14.6 Å². The van der Waals surface area contributed by atoms with Gasteiger partial charge < -0.3 is 10.4 Å². The average molecular weight is 309 g/mol. The van der Waals surface area contributed by atoms with E-state index in [-0.39, 0.29) is 25.5 Å².